The van der Waals surface area contributed by atoms with Gasteiger partial charge in [0.25, 0.3) is 10.1 Å². The molecule has 0 heterocycles. The van der Waals surface area contributed by atoms with Crippen molar-refractivity contribution in [3.8, 4) is 0 Å². The lowest BCUT2D eigenvalue weighted by atomic mass is 10.2. The Kier molecular flexibility index (Phi) is 5.11. The van der Waals surface area contributed by atoms with E-state index in [9.17, 15) is 8.42 Å². The van der Waals surface area contributed by atoms with Crippen LogP contribution < -0.4 is 0 Å². The van der Waals surface area contributed by atoms with E-state index in [-0.39, 0.29) is 11.5 Å². The van der Waals surface area contributed by atoms with Gasteiger partial charge in [-0.1, -0.05) is 24.6 Å². The molecule has 0 aliphatic heterocycles. The van der Waals surface area contributed by atoms with Crippen LogP contribution in [0.3, 0.4) is 0 Å². The molecule has 1 aromatic carbocycles. The van der Waals surface area contributed by atoms with Crippen molar-refractivity contribution in [3.63, 3.8) is 0 Å². The van der Waals surface area contributed by atoms with Gasteiger partial charge < -0.3 is 5.11 Å². The summed E-state index contributed by atoms with van der Waals surface area (Å²) in [4.78, 5) is 0.152. The van der Waals surface area contributed by atoms with Gasteiger partial charge in [0, 0.05) is 6.61 Å². The summed E-state index contributed by atoms with van der Waals surface area (Å²) in [6, 6.07) is 6.50. The van der Waals surface area contributed by atoms with E-state index in [0.29, 0.717) is 12.8 Å². The molecule has 1 aromatic rings. The van der Waals surface area contributed by atoms with Crippen molar-refractivity contribution in [2.75, 3.05) is 6.61 Å². The van der Waals surface area contributed by atoms with Gasteiger partial charge in [0.15, 0.2) is 0 Å². The zero-order chi connectivity index (χ0) is 12.9. The zero-order valence-electron chi connectivity index (χ0n) is 10.1. The topological polar surface area (TPSA) is 63.6 Å². The van der Waals surface area contributed by atoms with Gasteiger partial charge in [-0.15, -0.1) is 0 Å². The van der Waals surface area contributed by atoms with Gasteiger partial charge in [0.2, 0.25) is 0 Å². The fourth-order valence-corrected chi connectivity index (χ4v) is 2.58. The van der Waals surface area contributed by atoms with E-state index in [1.54, 1.807) is 12.1 Å². The summed E-state index contributed by atoms with van der Waals surface area (Å²) in [5.41, 5.74) is 0.992. The zero-order valence-corrected chi connectivity index (χ0v) is 10.9. The predicted octanol–water partition coefficient (Wildman–Crippen LogP) is 1.86. The minimum atomic E-state index is -3.72. The lowest BCUT2D eigenvalue weighted by Crippen LogP contribution is -2.19. The van der Waals surface area contributed by atoms with Crippen LogP contribution >= 0.6 is 0 Å². The monoisotopic (exact) mass is 258 g/mol. The number of hydrogen-bond acceptors (Lipinski definition) is 4. The fraction of sp³-hybridized carbons (Fsp3) is 0.500. The smallest absolute Gasteiger partial charge is 0.297 e. The van der Waals surface area contributed by atoms with Crippen LogP contribution in [-0.2, 0) is 14.3 Å². The highest BCUT2D eigenvalue weighted by atomic mass is 32.2. The van der Waals surface area contributed by atoms with Crippen molar-refractivity contribution >= 4 is 10.1 Å². The first-order valence-corrected chi connectivity index (χ1v) is 7.01. The Balaban J connectivity index is 2.84. The van der Waals surface area contributed by atoms with Crippen molar-refractivity contribution in [1.29, 1.82) is 0 Å². The molecular formula is C12H18O4S. The van der Waals surface area contributed by atoms with Gasteiger partial charge >= 0.3 is 0 Å². The molecule has 1 rings (SSSR count). The Morgan fingerprint density at radius 1 is 1.29 bits per heavy atom. The van der Waals surface area contributed by atoms with Gasteiger partial charge in [-0.2, -0.15) is 8.42 Å². The number of aliphatic hydroxyl groups excluding tert-OH is 1. The van der Waals surface area contributed by atoms with Crippen LogP contribution in [0.4, 0.5) is 0 Å². The average molecular weight is 258 g/mol. The summed E-state index contributed by atoms with van der Waals surface area (Å²) in [6.07, 6.45) is 0.402. The molecule has 0 bridgehead atoms. The van der Waals surface area contributed by atoms with Crippen LogP contribution in [0.5, 0.6) is 0 Å². The maximum atomic E-state index is 11.9. The molecule has 0 aliphatic rings. The summed E-state index contributed by atoms with van der Waals surface area (Å²) >= 11 is 0. The Bertz CT molecular complexity index is 436. The maximum Gasteiger partial charge on any atom is 0.297 e. The molecule has 0 saturated heterocycles. The fourth-order valence-electron chi connectivity index (χ4n) is 1.40. The molecule has 1 unspecified atom stereocenters. The lowest BCUT2D eigenvalue weighted by Gasteiger charge is -2.14. The second-order valence-corrected chi connectivity index (χ2v) is 5.48. The number of rotatable bonds is 6. The first-order chi connectivity index (χ1) is 7.99. The van der Waals surface area contributed by atoms with E-state index in [4.69, 9.17) is 9.29 Å². The SMILES string of the molecule is CCC(CCO)OS(=O)(=O)c1ccc(C)cc1. The molecule has 0 radical (unpaired) electrons. The molecule has 96 valence electrons. The van der Waals surface area contributed by atoms with E-state index in [2.05, 4.69) is 0 Å². The standard InChI is InChI=1S/C12H18O4S/c1-3-11(8-9-13)16-17(14,15)12-6-4-10(2)5-7-12/h4-7,11,13H,3,8-9H2,1-2H3. The van der Waals surface area contributed by atoms with Gasteiger partial charge in [-0.3, -0.25) is 4.18 Å². The molecule has 17 heavy (non-hydrogen) atoms. The Morgan fingerprint density at radius 3 is 2.35 bits per heavy atom. The number of aliphatic hydroxyl groups is 1. The van der Waals surface area contributed by atoms with E-state index in [1.165, 1.54) is 12.1 Å². The van der Waals surface area contributed by atoms with Gasteiger partial charge in [-0.25, -0.2) is 0 Å². The molecule has 5 heteroatoms. The van der Waals surface area contributed by atoms with E-state index in [0.717, 1.165) is 5.56 Å². The normalized spacial score (nSPS) is 13.6. The molecule has 0 aliphatic carbocycles. The van der Waals surface area contributed by atoms with E-state index in [1.807, 2.05) is 13.8 Å². The van der Waals surface area contributed by atoms with E-state index < -0.39 is 16.2 Å². The second kappa shape index (κ2) is 6.14. The third-order valence-corrected chi connectivity index (χ3v) is 3.85. The van der Waals surface area contributed by atoms with E-state index >= 15 is 0 Å². The number of aryl methyl sites for hydroxylation is 1. The van der Waals surface area contributed by atoms with Gasteiger partial charge in [0.1, 0.15) is 0 Å². The Labute approximate surface area is 102 Å². The van der Waals surface area contributed by atoms with Crippen molar-refractivity contribution in [2.24, 2.45) is 0 Å². The minimum Gasteiger partial charge on any atom is -0.396 e. The molecule has 0 spiro atoms. The minimum absolute atomic E-state index is 0.0814. The number of hydrogen-bond donors (Lipinski definition) is 1. The molecule has 0 amide bonds. The molecule has 4 nitrogen and oxygen atoms in total. The highest BCUT2D eigenvalue weighted by Gasteiger charge is 2.20. The summed E-state index contributed by atoms with van der Waals surface area (Å²) in [5, 5.41) is 8.80. The van der Waals surface area contributed by atoms with Gasteiger partial charge in [0.05, 0.1) is 11.0 Å². The maximum absolute atomic E-state index is 11.9. The first-order valence-electron chi connectivity index (χ1n) is 5.60. The van der Waals surface area contributed by atoms with Crippen LogP contribution in [0.2, 0.25) is 0 Å². The van der Waals surface area contributed by atoms with Crippen LogP contribution in [0, 0.1) is 6.92 Å². The average Bonchev–Trinajstić information content (AvgIpc) is 2.28. The Morgan fingerprint density at radius 2 is 1.88 bits per heavy atom. The largest absolute Gasteiger partial charge is 0.396 e. The summed E-state index contributed by atoms with van der Waals surface area (Å²) in [7, 11) is -3.72. The van der Waals surface area contributed by atoms with Crippen molar-refractivity contribution < 1.29 is 17.7 Å². The molecule has 0 saturated carbocycles. The van der Waals surface area contributed by atoms with Crippen LogP contribution in [0.1, 0.15) is 25.3 Å². The molecular weight excluding hydrogens is 240 g/mol. The summed E-state index contributed by atoms with van der Waals surface area (Å²) in [5.74, 6) is 0. The molecule has 1 atom stereocenters. The second-order valence-electron chi connectivity index (χ2n) is 3.91. The van der Waals surface area contributed by atoms with Crippen LogP contribution in [0.25, 0.3) is 0 Å². The summed E-state index contributed by atoms with van der Waals surface area (Å²) in [6.45, 7) is 3.63. The molecule has 1 N–H and O–H groups in total. The molecule has 0 fully saturated rings. The predicted molar refractivity (Wildman–Crippen MR) is 65.2 cm³/mol. The highest BCUT2D eigenvalue weighted by Crippen LogP contribution is 2.17. The van der Waals surface area contributed by atoms with Crippen LogP contribution in [0.15, 0.2) is 29.2 Å². The number of benzene rings is 1. The van der Waals surface area contributed by atoms with Crippen LogP contribution in [-0.4, -0.2) is 26.2 Å². The Hall–Kier alpha value is -0.910. The third kappa shape index (κ3) is 4.11. The third-order valence-electron chi connectivity index (χ3n) is 2.48. The summed E-state index contributed by atoms with van der Waals surface area (Å²) < 4.78 is 28.8. The van der Waals surface area contributed by atoms with Crippen molar-refractivity contribution in [3.05, 3.63) is 29.8 Å². The molecule has 0 aromatic heterocycles. The highest BCUT2D eigenvalue weighted by molar-refractivity contribution is 7.86. The van der Waals surface area contributed by atoms with Crippen molar-refractivity contribution in [2.45, 2.75) is 37.7 Å². The van der Waals surface area contributed by atoms with Gasteiger partial charge in [-0.05, 0) is 31.9 Å². The first kappa shape index (κ1) is 14.2. The van der Waals surface area contributed by atoms with Crippen molar-refractivity contribution in [1.82, 2.24) is 0 Å². The quantitative estimate of drug-likeness (QED) is 0.791. The lowest BCUT2D eigenvalue weighted by molar-refractivity contribution is 0.157.